The van der Waals surface area contributed by atoms with E-state index >= 15 is 0 Å². The van der Waals surface area contributed by atoms with Gasteiger partial charge in [0.15, 0.2) is 0 Å². The van der Waals surface area contributed by atoms with Gasteiger partial charge in [-0.1, -0.05) is 35.9 Å². The Morgan fingerprint density at radius 1 is 1.18 bits per heavy atom. The summed E-state index contributed by atoms with van der Waals surface area (Å²) in [5.74, 6) is 1.86. The number of hydrogen-bond donors (Lipinski definition) is 1. The molecule has 1 unspecified atom stereocenters. The fourth-order valence-electron chi connectivity index (χ4n) is 4.29. The van der Waals surface area contributed by atoms with Crippen molar-refractivity contribution in [2.45, 2.75) is 52.2 Å². The van der Waals surface area contributed by atoms with Crippen LogP contribution in [0.4, 0.5) is 4.79 Å². The monoisotopic (exact) mass is 448 g/mol. The van der Waals surface area contributed by atoms with Crippen molar-refractivity contribution in [3.05, 3.63) is 65.0 Å². The number of para-hydroxylation sites is 1. The van der Waals surface area contributed by atoms with Gasteiger partial charge in [0, 0.05) is 44.3 Å². The molecule has 1 aromatic carbocycles. The SMILES string of the molecule is CC1=CC2C(=C(N3CCC(=NC(=O)OC(C)(C)C)CC3)N=C(c3ccccc3O)N2C)C=C1. The number of rotatable bonds is 2. The normalized spacial score (nSPS) is 20.9. The molecule has 1 atom stereocenters. The maximum absolute atomic E-state index is 12.1. The van der Waals surface area contributed by atoms with E-state index in [-0.39, 0.29) is 11.8 Å². The second-order valence-electron chi connectivity index (χ2n) is 9.68. The first-order valence-electron chi connectivity index (χ1n) is 11.4. The fraction of sp³-hybridized carbons (Fsp3) is 0.423. The first-order chi connectivity index (χ1) is 15.6. The predicted octanol–water partition coefficient (Wildman–Crippen LogP) is 4.65. The highest BCUT2D eigenvalue weighted by molar-refractivity contribution is 6.03. The number of allylic oxidation sites excluding steroid dienone is 2. The molecule has 7 nitrogen and oxygen atoms in total. The van der Waals surface area contributed by atoms with Crippen LogP contribution in [0.5, 0.6) is 5.75 Å². The molecule has 3 aliphatic rings. The van der Waals surface area contributed by atoms with Crippen LogP contribution in [0.1, 0.15) is 46.1 Å². The molecule has 1 fully saturated rings. The molecule has 0 aromatic heterocycles. The lowest BCUT2D eigenvalue weighted by atomic mass is 9.93. The van der Waals surface area contributed by atoms with E-state index in [1.54, 1.807) is 6.07 Å². The molecule has 1 N–H and O–H groups in total. The van der Waals surface area contributed by atoms with Crippen LogP contribution in [-0.4, -0.2) is 64.3 Å². The number of aliphatic imine (C=N–C) groups is 2. The van der Waals surface area contributed by atoms with Gasteiger partial charge < -0.3 is 19.6 Å². The van der Waals surface area contributed by atoms with Gasteiger partial charge >= 0.3 is 6.09 Å². The number of amidine groups is 1. The highest BCUT2D eigenvalue weighted by atomic mass is 16.6. The van der Waals surface area contributed by atoms with E-state index in [0.717, 1.165) is 22.9 Å². The van der Waals surface area contributed by atoms with Crippen LogP contribution in [0.15, 0.2) is 69.4 Å². The number of ether oxygens (including phenoxy) is 1. The Hall–Kier alpha value is -3.35. The number of hydrogen-bond acceptors (Lipinski definition) is 6. The van der Waals surface area contributed by atoms with Crippen molar-refractivity contribution in [1.29, 1.82) is 0 Å². The lowest BCUT2D eigenvalue weighted by Crippen LogP contribution is -2.45. The number of carbonyl (C=O) groups is 1. The van der Waals surface area contributed by atoms with E-state index in [9.17, 15) is 9.90 Å². The second-order valence-corrected chi connectivity index (χ2v) is 9.68. The Kier molecular flexibility index (Phi) is 6.15. The zero-order chi connectivity index (χ0) is 23.8. The van der Waals surface area contributed by atoms with E-state index in [1.165, 1.54) is 5.57 Å². The average Bonchev–Trinajstić information content (AvgIpc) is 2.74. The summed E-state index contributed by atoms with van der Waals surface area (Å²) >= 11 is 0. The number of likely N-dealkylation sites (tertiary alicyclic amines) is 1. The van der Waals surface area contributed by atoms with Crippen molar-refractivity contribution in [3.63, 3.8) is 0 Å². The molecule has 174 valence electrons. The maximum atomic E-state index is 12.1. The van der Waals surface area contributed by atoms with Crippen molar-refractivity contribution in [3.8, 4) is 5.75 Å². The summed E-state index contributed by atoms with van der Waals surface area (Å²) in [6.07, 6.45) is 7.31. The highest BCUT2D eigenvalue weighted by Gasteiger charge is 2.33. The molecule has 0 spiro atoms. The van der Waals surface area contributed by atoms with Crippen LogP contribution in [0.25, 0.3) is 0 Å². The fourth-order valence-corrected chi connectivity index (χ4v) is 4.29. The van der Waals surface area contributed by atoms with Crippen LogP contribution in [-0.2, 0) is 4.74 Å². The Balaban J connectivity index is 1.62. The molecule has 1 saturated heterocycles. The van der Waals surface area contributed by atoms with Gasteiger partial charge in [-0.2, -0.15) is 4.99 Å². The number of piperidine rings is 1. The van der Waals surface area contributed by atoms with E-state index in [2.05, 4.69) is 39.9 Å². The zero-order valence-electron chi connectivity index (χ0n) is 20.0. The maximum Gasteiger partial charge on any atom is 0.434 e. The molecule has 4 rings (SSSR count). The molecular weight excluding hydrogens is 416 g/mol. The number of carbonyl (C=O) groups excluding carboxylic acids is 1. The molecule has 7 heteroatoms. The van der Waals surface area contributed by atoms with Crippen LogP contribution in [0.3, 0.4) is 0 Å². The summed E-state index contributed by atoms with van der Waals surface area (Å²) in [6.45, 7) is 9.03. The van der Waals surface area contributed by atoms with Gasteiger partial charge in [-0.05, 0) is 39.8 Å². The lowest BCUT2D eigenvalue weighted by molar-refractivity contribution is 0.0603. The van der Waals surface area contributed by atoms with Gasteiger partial charge in [-0.3, -0.25) is 0 Å². The van der Waals surface area contributed by atoms with E-state index < -0.39 is 11.7 Å². The van der Waals surface area contributed by atoms with E-state index in [0.29, 0.717) is 31.5 Å². The quantitative estimate of drug-likeness (QED) is 0.712. The van der Waals surface area contributed by atoms with Gasteiger partial charge in [0.1, 0.15) is 23.0 Å². The number of phenols is 1. The number of likely N-dealkylation sites (N-methyl/N-ethyl adjacent to an activating group) is 1. The second kappa shape index (κ2) is 8.89. The molecule has 2 aliphatic heterocycles. The topological polar surface area (TPSA) is 77.7 Å². The van der Waals surface area contributed by atoms with Gasteiger partial charge in [-0.25, -0.2) is 9.79 Å². The summed E-state index contributed by atoms with van der Waals surface area (Å²) < 4.78 is 5.33. The molecule has 2 heterocycles. The van der Waals surface area contributed by atoms with Gasteiger partial charge in [0.25, 0.3) is 0 Å². The van der Waals surface area contributed by atoms with Crippen molar-refractivity contribution >= 4 is 17.6 Å². The van der Waals surface area contributed by atoms with Crippen molar-refractivity contribution in [1.82, 2.24) is 9.80 Å². The third-order valence-electron chi connectivity index (χ3n) is 5.91. The average molecular weight is 449 g/mol. The number of phenolic OH excluding ortho intramolecular Hbond substituents is 1. The molecule has 1 aliphatic carbocycles. The first kappa shape index (κ1) is 22.8. The largest absolute Gasteiger partial charge is 0.507 e. The number of fused-ring (bicyclic) bond motifs is 1. The van der Waals surface area contributed by atoms with Crippen molar-refractivity contribution in [2.24, 2.45) is 9.98 Å². The minimum atomic E-state index is -0.551. The summed E-state index contributed by atoms with van der Waals surface area (Å²) in [6, 6.07) is 7.34. The molecule has 0 saturated carbocycles. The number of amides is 1. The van der Waals surface area contributed by atoms with Crippen LogP contribution in [0, 0.1) is 0 Å². The Bertz CT molecular complexity index is 1090. The third kappa shape index (κ3) is 5.02. The van der Waals surface area contributed by atoms with Gasteiger partial charge in [0.2, 0.25) is 0 Å². The molecule has 33 heavy (non-hydrogen) atoms. The first-order valence-corrected chi connectivity index (χ1v) is 11.4. The molecule has 0 radical (unpaired) electrons. The predicted molar refractivity (Wildman–Crippen MR) is 131 cm³/mol. The summed E-state index contributed by atoms with van der Waals surface area (Å²) in [5, 5.41) is 10.5. The van der Waals surface area contributed by atoms with Crippen molar-refractivity contribution < 1.29 is 14.6 Å². The molecule has 0 bridgehead atoms. The van der Waals surface area contributed by atoms with Gasteiger partial charge in [0.05, 0.1) is 11.6 Å². The van der Waals surface area contributed by atoms with Gasteiger partial charge in [-0.15, -0.1) is 0 Å². The molecular formula is C26H32N4O3. The van der Waals surface area contributed by atoms with E-state index in [1.807, 2.05) is 46.0 Å². The van der Waals surface area contributed by atoms with Crippen molar-refractivity contribution in [2.75, 3.05) is 20.1 Å². The van der Waals surface area contributed by atoms with Crippen LogP contribution in [0.2, 0.25) is 0 Å². The molecule has 1 amide bonds. The minimum absolute atomic E-state index is 0.0360. The smallest absolute Gasteiger partial charge is 0.434 e. The lowest BCUT2D eigenvalue weighted by Gasteiger charge is -2.40. The zero-order valence-corrected chi connectivity index (χ0v) is 20.0. The third-order valence-corrected chi connectivity index (χ3v) is 5.91. The molecule has 1 aromatic rings. The Morgan fingerprint density at radius 3 is 2.55 bits per heavy atom. The highest BCUT2D eigenvalue weighted by Crippen LogP contribution is 2.34. The number of nitrogens with zero attached hydrogens (tertiary/aromatic N) is 4. The number of aromatic hydroxyl groups is 1. The Morgan fingerprint density at radius 2 is 1.88 bits per heavy atom. The summed E-state index contributed by atoms with van der Waals surface area (Å²) in [5.41, 5.74) is 3.34. The summed E-state index contributed by atoms with van der Waals surface area (Å²) in [4.78, 5) is 25.7. The van der Waals surface area contributed by atoms with Crippen LogP contribution >= 0.6 is 0 Å². The minimum Gasteiger partial charge on any atom is -0.507 e. The Labute approximate surface area is 195 Å². The summed E-state index contributed by atoms with van der Waals surface area (Å²) in [7, 11) is 2.01. The standard InChI is InChI=1S/C26H32N4O3/c1-17-10-11-19-21(16-17)29(5)23(20-8-6-7-9-22(20)31)28-24(19)30-14-12-18(13-15-30)27-25(32)33-26(2,3)4/h6-11,16,21,31H,12-15H2,1-5H3. The number of benzene rings is 1. The van der Waals surface area contributed by atoms with Crippen LogP contribution < -0.4 is 0 Å². The van der Waals surface area contributed by atoms with E-state index in [4.69, 9.17) is 9.73 Å².